The number of halogens is 2. The zero-order valence-corrected chi connectivity index (χ0v) is 14.5. The normalized spacial score (nSPS) is 11.0. The van der Waals surface area contributed by atoms with Gasteiger partial charge in [-0.15, -0.1) is 15.3 Å². The fourth-order valence-electron chi connectivity index (χ4n) is 2.32. The Hall–Kier alpha value is -2.70. The average molecular weight is 372 g/mol. The molecule has 0 aliphatic heterocycles. The Kier molecular flexibility index (Phi) is 3.99. The molecule has 0 bridgehead atoms. The van der Waals surface area contributed by atoms with Crippen molar-refractivity contribution in [3.63, 3.8) is 0 Å². The van der Waals surface area contributed by atoms with Crippen molar-refractivity contribution in [2.45, 2.75) is 6.92 Å². The van der Waals surface area contributed by atoms with E-state index >= 15 is 0 Å². The van der Waals surface area contributed by atoms with E-state index in [1.165, 1.54) is 4.80 Å². The number of para-hydroxylation sites is 1. The van der Waals surface area contributed by atoms with E-state index in [2.05, 4.69) is 20.4 Å². The molecule has 0 N–H and O–H groups in total. The minimum Gasteiger partial charge on any atom is -0.414 e. The van der Waals surface area contributed by atoms with E-state index in [1.807, 2.05) is 37.3 Å². The molecule has 0 amide bonds. The number of benzene rings is 2. The zero-order valence-electron chi connectivity index (χ0n) is 13.0. The number of hydrogen-bond donors (Lipinski definition) is 0. The highest BCUT2D eigenvalue weighted by atomic mass is 35.5. The average Bonchev–Trinajstić information content (AvgIpc) is 3.25. The van der Waals surface area contributed by atoms with Crippen molar-refractivity contribution in [2.75, 3.05) is 0 Å². The van der Waals surface area contributed by atoms with Crippen LogP contribution < -0.4 is 0 Å². The highest BCUT2D eigenvalue weighted by molar-refractivity contribution is 6.42. The lowest BCUT2D eigenvalue weighted by Gasteiger charge is -1.97. The van der Waals surface area contributed by atoms with Gasteiger partial charge in [0.15, 0.2) is 5.69 Å². The second kappa shape index (κ2) is 6.31. The van der Waals surface area contributed by atoms with Crippen LogP contribution in [0.3, 0.4) is 0 Å². The fraction of sp³-hybridized carbons (Fsp3) is 0.0588. The third-order valence-corrected chi connectivity index (χ3v) is 4.30. The third kappa shape index (κ3) is 3.01. The van der Waals surface area contributed by atoms with Crippen LogP contribution in [0, 0.1) is 6.92 Å². The van der Waals surface area contributed by atoms with Gasteiger partial charge < -0.3 is 4.42 Å². The molecule has 124 valence electrons. The number of aromatic nitrogens is 5. The highest BCUT2D eigenvalue weighted by Crippen LogP contribution is 2.29. The predicted octanol–water partition coefficient (Wildman–Crippen LogP) is 4.60. The van der Waals surface area contributed by atoms with Gasteiger partial charge >= 0.3 is 0 Å². The van der Waals surface area contributed by atoms with Crippen molar-refractivity contribution in [3.8, 4) is 28.7 Å². The number of rotatable bonds is 3. The van der Waals surface area contributed by atoms with E-state index in [4.69, 9.17) is 27.6 Å². The van der Waals surface area contributed by atoms with Gasteiger partial charge in [-0.2, -0.15) is 9.90 Å². The molecule has 0 spiro atoms. The number of aryl methyl sites for hydroxylation is 1. The Labute approximate surface area is 153 Å². The highest BCUT2D eigenvalue weighted by Gasteiger charge is 2.18. The molecule has 2 aromatic carbocycles. The van der Waals surface area contributed by atoms with Gasteiger partial charge in [-0.25, -0.2) is 0 Å². The molecule has 0 fully saturated rings. The smallest absolute Gasteiger partial charge is 0.270 e. The van der Waals surface area contributed by atoms with Gasteiger partial charge in [0.05, 0.1) is 21.4 Å². The predicted molar refractivity (Wildman–Crippen MR) is 94.8 cm³/mol. The molecule has 4 rings (SSSR count). The largest absolute Gasteiger partial charge is 0.414 e. The van der Waals surface area contributed by atoms with E-state index < -0.39 is 0 Å². The molecule has 0 aliphatic rings. The van der Waals surface area contributed by atoms with E-state index in [9.17, 15) is 0 Å². The summed E-state index contributed by atoms with van der Waals surface area (Å²) in [6, 6.07) is 14.7. The molecule has 8 heteroatoms. The van der Waals surface area contributed by atoms with Crippen LogP contribution in [-0.4, -0.2) is 25.2 Å². The second-order valence-corrected chi connectivity index (χ2v) is 6.11. The molecule has 2 aromatic heterocycles. The van der Waals surface area contributed by atoms with Gasteiger partial charge in [-0.3, -0.25) is 0 Å². The van der Waals surface area contributed by atoms with Gasteiger partial charge in [0.2, 0.25) is 5.89 Å². The van der Waals surface area contributed by atoms with Crippen LogP contribution in [0.25, 0.3) is 28.7 Å². The van der Waals surface area contributed by atoms with Crippen LogP contribution in [0.1, 0.15) is 5.69 Å². The Morgan fingerprint density at radius 1 is 0.880 bits per heavy atom. The maximum atomic E-state index is 6.04. The molecule has 0 aliphatic carbocycles. The van der Waals surface area contributed by atoms with Crippen LogP contribution in [0.2, 0.25) is 10.0 Å². The second-order valence-electron chi connectivity index (χ2n) is 5.30. The van der Waals surface area contributed by atoms with Gasteiger partial charge in [0, 0.05) is 5.56 Å². The van der Waals surface area contributed by atoms with Crippen LogP contribution >= 0.6 is 23.2 Å². The summed E-state index contributed by atoms with van der Waals surface area (Å²) in [6.45, 7) is 1.84. The van der Waals surface area contributed by atoms with Crippen molar-refractivity contribution in [1.82, 2.24) is 25.2 Å². The SMILES string of the molecule is Cc1nn(-c2ccccc2)nc1-c1nnc(-c2ccc(Cl)c(Cl)c2)o1. The summed E-state index contributed by atoms with van der Waals surface area (Å²) in [6.07, 6.45) is 0. The van der Waals surface area contributed by atoms with Crippen LogP contribution in [-0.2, 0) is 0 Å². The van der Waals surface area contributed by atoms with E-state index in [1.54, 1.807) is 18.2 Å². The Balaban J connectivity index is 1.71. The van der Waals surface area contributed by atoms with Gasteiger partial charge in [-0.1, -0.05) is 41.4 Å². The van der Waals surface area contributed by atoms with Crippen LogP contribution in [0.15, 0.2) is 52.9 Å². The first kappa shape index (κ1) is 15.8. The molecule has 0 radical (unpaired) electrons. The molecule has 0 atom stereocenters. The molecule has 4 aromatic rings. The fourth-order valence-corrected chi connectivity index (χ4v) is 2.62. The third-order valence-electron chi connectivity index (χ3n) is 3.56. The quantitative estimate of drug-likeness (QED) is 0.526. The Morgan fingerprint density at radius 3 is 2.40 bits per heavy atom. The Morgan fingerprint density at radius 2 is 1.64 bits per heavy atom. The summed E-state index contributed by atoms with van der Waals surface area (Å²) in [5.74, 6) is 0.628. The summed E-state index contributed by atoms with van der Waals surface area (Å²) < 4.78 is 5.74. The molecule has 6 nitrogen and oxygen atoms in total. The molecule has 0 unspecified atom stereocenters. The van der Waals surface area contributed by atoms with E-state index in [-0.39, 0.29) is 0 Å². The molecule has 2 heterocycles. The summed E-state index contributed by atoms with van der Waals surface area (Å²) in [5, 5.41) is 17.9. The lowest BCUT2D eigenvalue weighted by Crippen LogP contribution is -1.98. The van der Waals surface area contributed by atoms with Gasteiger partial charge in [0.1, 0.15) is 0 Å². The topological polar surface area (TPSA) is 69.6 Å². The lowest BCUT2D eigenvalue weighted by atomic mass is 10.2. The van der Waals surface area contributed by atoms with E-state index in [0.29, 0.717) is 38.8 Å². The molecular formula is C17H11Cl2N5O. The molecular weight excluding hydrogens is 361 g/mol. The zero-order chi connectivity index (χ0) is 17.4. The van der Waals surface area contributed by atoms with Crippen molar-refractivity contribution in [3.05, 3.63) is 64.3 Å². The summed E-state index contributed by atoms with van der Waals surface area (Å²) in [4.78, 5) is 1.54. The van der Waals surface area contributed by atoms with Crippen molar-refractivity contribution < 1.29 is 4.42 Å². The number of hydrogen-bond acceptors (Lipinski definition) is 5. The van der Waals surface area contributed by atoms with Crippen LogP contribution in [0.4, 0.5) is 0 Å². The lowest BCUT2D eigenvalue weighted by molar-refractivity contribution is 0.580. The van der Waals surface area contributed by atoms with Gasteiger partial charge in [0.25, 0.3) is 5.89 Å². The maximum Gasteiger partial charge on any atom is 0.270 e. The number of nitrogens with zero attached hydrogens (tertiary/aromatic N) is 5. The molecule has 25 heavy (non-hydrogen) atoms. The standard InChI is InChI=1S/C17H11Cl2N5O/c1-10-15(23-24(22-10)12-5-3-2-4-6-12)17-21-20-16(25-17)11-7-8-13(18)14(19)9-11/h2-9H,1H3. The Bertz CT molecular complexity index is 1040. The first-order valence-electron chi connectivity index (χ1n) is 7.40. The minimum atomic E-state index is 0.292. The molecule has 0 saturated heterocycles. The van der Waals surface area contributed by atoms with Crippen molar-refractivity contribution in [2.24, 2.45) is 0 Å². The monoisotopic (exact) mass is 371 g/mol. The van der Waals surface area contributed by atoms with Crippen molar-refractivity contribution in [1.29, 1.82) is 0 Å². The summed E-state index contributed by atoms with van der Waals surface area (Å²) in [5.41, 5.74) is 2.75. The van der Waals surface area contributed by atoms with Crippen molar-refractivity contribution >= 4 is 23.2 Å². The maximum absolute atomic E-state index is 6.04. The van der Waals surface area contributed by atoms with Crippen LogP contribution in [0.5, 0.6) is 0 Å². The first-order chi connectivity index (χ1) is 12.1. The summed E-state index contributed by atoms with van der Waals surface area (Å²) >= 11 is 12.0. The first-order valence-corrected chi connectivity index (χ1v) is 8.16. The summed E-state index contributed by atoms with van der Waals surface area (Å²) in [7, 11) is 0. The van der Waals surface area contributed by atoms with Gasteiger partial charge in [-0.05, 0) is 37.3 Å². The minimum absolute atomic E-state index is 0.292. The van der Waals surface area contributed by atoms with E-state index in [0.717, 1.165) is 5.69 Å². The molecule has 0 saturated carbocycles.